The summed E-state index contributed by atoms with van der Waals surface area (Å²) in [6.45, 7) is 20.7. The van der Waals surface area contributed by atoms with Crippen LogP contribution in [-0.4, -0.2) is 25.6 Å². The third-order valence-electron chi connectivity index (χ3n) is 6.51. The molecule has 1 aromatic carbocycles. The monoisotopic (exact) mass is 364 g/mol. The maximum absolute atomic E-state index is 9.67. The van der Waals surface area contributed by atoms with Gasteiger partial charge in [0, 0.05) is 0 Å². The van der Waals surface area contributed by atoms with Crippen LogP contribution >= 0.6 is 0 Å². The Morgan fingerprint density at radius 3 is 2.24 bits per heavy atom. The van der Waals surface area contributed by atoms with E-state index in [0.717, 1.165) is 18.6 Å². The quantitative estimate of drug-likeness (QED) is 0.745. The predicted octanol–water partition coefficient (Wildman–Crippen LogP) is 5.21. The first-order valence-electron chi connectivity index (χ1n) is 9.38. The molecule has 2 rings (SSSR count). The topological polar surface area (TPSA) is 38.7 Å². The summed E-state index contributed by atoms with van der Waals surface area (Å²) in [5, 5.41) is 9.88. The van der Waals surface area contributed by atoms with Crippen LogP contribution in [0.2, 0.25) is 18.1 Å². The van der Waals surface area contributed by atoms with E-state index in [1.54, 1.807) is 0 Å². The number of ether oxygens (including phenoxy) is 1. The zero-order valence-corrected chi connectivity index (χ0v) is 18.6. The maximum Gasteiger partial charge on any atom is 0.192 e. The Balaban J connectivity index is 2.39. The van der Waals surface area contributed by atoms with Gasteiger partial charge in [-0.15, -0.1) is 0 Å². The van der Waals surface area contributed by atoms with Gasteiger partial charge in [-0.3, -0.25) is 0 Å². The first-order valence-corrected chi connectivity index (χ1v) is 12.3. The number of fused-ring (bicyclic) bond motifs is 1. The molecule has 1 aliphatic heterocycles. The molecule has 0 bridgehead atoms. The lowest BCUT2D eigenvalue weighted by atomic mass is 9.85. The van der Waals surface area contributed by atoms with E-state index in [9.17, 15) is 5.11 Å². The van der Waals surface area contributed by atoms with Crippen LogP contribution in [0.4, 0.5) is 0 Å². The summed E-state index contributed by atoms with van der Waals surface area (Å²) in [5.41, 5.74) is 5.90. The summed E-state index contributed by atoms with van der Waals surface area (Å²) in [6, 6.07) is 0. The third-order valence-corrected chi connectivity index (χ3v) is 11.0. The van der Waals surface area contributed by atoms with E-state index in [1.165, 1.54) is 27.8 Å². The Bertz CT molecular complexity index is 658. The summed E-state index contributed by atoms with van der Waals surface area (Å²) in [4.78, 5) is 0. The summed E-state index contributed by atoms with van der Waals surface area (Å²) >= 11 is 0. The van der Waals surface area contributed by atoms with Crippen LogP contribution in [0.25, 0.3) is 0 Å². The van der Waals surface area contributed by atoms with Crippen molar-refractivity contribution in [3.63, 3.8) is 0 Å². The molecule has 0 spiro atoms. The average molecular weight is 365 g/mol. The SMILES string of the molecule is Cc1c(C)c2c(c(C)c1CO[Si](C)(C)C(C)(C)C)CC[C@@](C)(CO)O2. The lowest BCUT2D eigenvalue weighted by Gasteiger charge is -2.38. The largest absolute Gasteiger partial charge is 0.485 e. The van der Waals surface area contributed by atoms with E-state index in [0.29, 0.717) is 6.61 Å². The van der Waals surface area contributed by atoms with Gasteiger partial charge in [-0.1, -0.05) is 20.8 Å². The first kappa shape index (κ1) is 20.5. The van der Waals surface area contributed by atoms with Crippen molar-refractivity contribution in [1.29, 1.82) is 0 Å². The fraction of sp³-hybridized carbons (Fsp3) is 0.714. The molecule has 0 saturated heterocycles. The van der Waals surface area contributed by atoms with E-state index < -0.39 is 13.9 Å². The van der Waals surface area contributed by atoms with Crippen molar-refractivity contribution < 1.29 is 14.3 Å². The molecule has 1 heterocycles. The van der Waals surface area contributed by atoms with E-state index in [-0.39, 0.29) is 11.6 Å². The maximum atomic E-state index is 9.67. The van der Waals surface area contributed by atoms with E-state index in [1.807, 2.05) is 6.92 Å². The average Bonchev–Trinajstić information content (AvgIpc) is 2.51. The molecule has 1 N–H and O–H groups in total. The second-order valence-corrected chi connectivity index (χ2v) is 14.2. The van der Waals surface area contributed by atoms with Gasteiger partial charge >= 0.3 is 0 Å². The zero-order valence-electron chi connectivity index (χ0n) is 17.6. The molecule has 0 unspecified atom stereocenters. The fourth-order valence-electron chi connectivity index (χ4n) is 3.18. The number of hydrogen-bond acceptors (Lipinski definition) is 3. The van der Waals surface area contributed by atoms with Crippen LogP contribution in [0.5, 0.6) is 5.75 Å². The molecule has 0 aliphatic carbocycles. The van der Waals surface area contributed by atoms with Gasteiger partial charge in [-0.05, 0) is 86.5 Å². The second-order valence-electron chi connectivity index (χ2n) is 9.42. The highest BCUT2D eigenvalue weighted by Gasteiger charge is 2.38. The van der Waals surface area contributed by atoms with Gasteiger partial charge in [-0.25, -0.2) is 0 Å². The number of benzene rings is 1. The molecule has 1 aromatic rings. The van der Waals surface area contributed by atoms with Gasteiger partial charge in [0.05, 0.1) is 13.2 Å². The molecule has 142 valence electrons. The van der Waals surface area contributed by atoms with Crippen molar-refractivity contribution in [2.24, 2.45) is 0 Å². The van der Waals surface area contributed by atoms with Crippen molar-refractivity contribution in [2.45, 2.75) is 91.6 Å². The lowest BCUT2D eigenvalue weighted by molar-refractivity contribution is 0.00723. The van der Waals surface area contributed by atoms with Gasteiger partial charge < -0.3 is 14.3 Å². The summed E-state index contributed by atoms with van der Waals surface area (Å²) in [5.74, 6) is 0.980. The zero-order chi connectivity index (χ0) is 19.2. The Hall–Kier alpha value is -0.843. The highest BCUT2D eigenvalue weighted by Crippen LogP contribution is 2.42. The van der Waals surface area contributed by atoms with Crippen LogP contribution in [0.3, 0.4) is 0 Å². The van der Waals surface area contributed by atoms with Gasteiger partial charge in [0.25, 0.3) is 0 Å². The Kier molecular flexibility index (Phi) is 5.49. The van der Waals surface area contributed by atoms with E-state index in [4.69, 9.17) is 9.16 Å². The van der Waals surface area contributed by atoms with Crippen LogP contribution in [0, 0.1) is 20.8 Å². The molecule has 0 saturated carbocycles. The fourth-order valence-corrected chi connectivity index (χ4v) is 4.12. The minimum Gasteiger partial charge on any atom is -0.485 e. The molecule has 1 atom stereocenters. The summed E-state index contributed by atoms with van der Waals surface area (Å²) < 4.78 is 12.7. The molecule has 25 heavy (non-hydrogen) atoms. The normalized spacial score (nSPS) is 21.0. The third kappa shape index (κ3) is 3.81. The Labute approximate surface area is 154 Å². The summed E-state index contributed by atoms with van der Waals surface area (Å²) in [7, 11) is -1.78. The molecular formula is C21H36O3Si. The van der Waals surface area contributed by atoms with Crippen molar-refractivity contribution in [2.75, 3.05) is 6.61 Å². The second kappa shape index (κ2) is 6.71. The molecule has 3 nitrogen and oxygen atoms in total. The number of hydrogen-bond donors (Lipinski definition) is 1. The Morgan fingerprint density at radius 1 is 1.12 bits per heavy atom. The molecule has 0 aromatic heterocycles. The molecule has 0 amide bonds. The van der Waals surface area contributed by atoms with Crippen LogP contribution in [0.15, 0.2) is 0 Å². The molecule has 1 aliphatic rings. The predicted molar refractivity (Wildman–Crippen MR) is 107 cm³/mol. The molecular weight excluding hydrogens is 328 g/mol. The van der Waals surface area contributed by atoms with Gasteiger partial charge in [-0.2, -0.15) is 0 Å². The molecule has 0 radical (unpaired) electrons. The first-order chi connectivity index (χ1) is 11.3. The van der Waals surface area contributed by atoms with Crippen molar-refractivity contribution >= 4 is 8.32 Å². The van der Waals surface area contributed by atoms with E-state index in [2.05, 4.69) is 54.6 Å². The minimum atomic E-state index is -1.78. The van der Waals surface area contributed by atoms with Crippen LogP contribution in [-0.2, 0) is 17.5 Å². The number of aliphatic hydroxyl groups is 1. The van der Waals surface area contributed by atoms with Gasteiger partial charge in [0.1, 0.15) is 11.4 Å². The number of aliphatic hydroxyl groups excluding tert-OH is 1. The Morgan fingerprint density at radius 2 is 1.72 bits per heavy atom. The standard InChI is InChI=1S/C21H36O3Si/c1-14-15(2)19-17(10-11-21(7,13-22)24-19)16(3)18(14)12-23-25(8,9)20(4,5)6/h22H,10-13H2,1-9H3/t21-/m0/s1. The number of rotatable bonds is 4. The van der Waals surface area contributed by atoms with Gasteiger partial charge in [0.15, 0.2) is 8.32 Å². The van der Waals surface area contributed by atoms with Crippen molar-refractivity contribution in [1.82, 2.24) is 0 Å². The summed E-state index contributed by atoms with van der Waals surface area (Å²) in [6.07, 6.45) is 1.80. The van der Waals surface area contributed by atoms with Crippen LogP contribution < -0.4 is 4.74 Å². The van der Waals surface area contributed by atoms with E-state index >= 15 is 0 Å². The van der Waals surface area contributed by atoms with Crippen molar-refractivity contribution in [3.8, 4) is 5.75 Å². The minimum absolute atomic E-state index is 0.0558. The highest BCUT2D eigenvalue weighted by molar-refractivity contribution is 6.74. The lowest BCUT2D eigenvalue weighted by Crippen LogP contribution is -2.41. The van der Waals surface area contributed by atoms with Crippen molar-refractivity contribution in [3.05, 3.63) is 27.8 Å². The smallest absolute Gasteiger partial charge is 0.192 e. The highest BCUT2D eigenvalue weighted by atomic mass is 28.4. The molecule has 4 heteroatoms. The van der Waals surface area contributed by atoms with Crippen LogP contribution in [0.1, 0.15) is 61.9 Å². The molecule has 0 fully saturated rings. The van der Waals surface area contributed by atoms with Gasteiger partial charge in [0.2, 0.25) is 0 Å².